The Bertz CT molecular complexity index is 670. The fourth-order valence-corrected chi connectivity index (χ4v) is 2.41. The second kappa shape index (κ2) is 7.04. The number of hydrogen-bond acceptors (Lipinski definition) is 5. The number of aromatic nitrogens is 2. The molecule has 2 aromatic rings. The van der Waals surface area contributed by atoms with Gasteiger partial charge in [0.25, 0.3) is 0 Å². The van der Waals surface area contributed by atoms with Gasteiger partial charge in [-0.3, -0.25) is 0 Å². The van der Waals surface area contributed by atoms with E-state index >= 15 is 0 Å². The van der Waals surface area contributed by atoms with Crippen molar-refractivity contribution in [2.45, 2.75) is 25.1 Å². The maximum Gasteiger partial charge on any atom is 0.416 e. The van der Waals surface area contributed by atoms with E-state index in [0.717, 1.165) is 31.6 Å². The highest BCUT2D eigenvalue weighted by atomic mass is 19.4. The molecule has 8 heteroatoms. The third kappa shape index (κ3) is 4.35. The summed E-state index contributed by atoms with van der Waals surface area (Å²) in [6, 6.07) is 6.45. The topological polar surface area (TPSA) is 59.1 Å². The quantitative estimate of drug-likeness (QED) is 0.868. The Kier molecular flexibility index (Phi) is 4.84. The summed E-state index contributed by atoms with van der Waals surface area (Å²) >= 11 is 0. The van der Waals surface area contributed by atoms with E-state index in [9.17, 15) is 13.2 Å². The van der Waals surface area contributed by atoms with Gasteiger partial charge in [0.1, 0.15) is 5.82 Å². The van der Waals surface area contributed by atoms with Gasteiger partial charge in [0.15, 0.2) is 0 Å². The van der Waals surface area contributed by atoms with E-state index < -0.39 is 11.7 Å². The maximum absolute atomic E-state index is 12.5. The van der Waals surface area contributed by atoms with Crippen LogP contribution in [0.2, 0.25) is 0 Å². The first-order chi connectivity index (χ1) is 11.5. The average Bonchev–Trinajstić information content (AvgIpc) is 3.06. The van der Waals surface area contributed by atoms with Crippen LogP contribution in [-0.2, 0) is 10.9 Å². The van der Waals surface area contributed by atoms with Gasteiger partial charge in [-0.1, -0.05) is 0 Å². The van der Waals surface area contributed by atoms with Gasteiger partial charge in [-0.05, 0) is 43.2 Å². The molecule has 1 aliphatic heterocycles. The minimum absolute atomic E-state index is 0.186. The number of ether oxygens (including phenoxy) is 1. The molecule has 0 radical (unpaired) electrons. The van der Waals surface area contributed by atoms with E-state index in [0.29, 0.717) is 24.0 Å². The summed E-state index contributed by atoms with van der Waals surface area (Å²) in [5, 5.41) is 6.07. The van der Waals surface area contributed by atoms with Crippen molar-refractivity contribution in [3.05, 3.63) is 42.1 Å². The molecule has 1 aromatic heterocycles. The Morgan fingerprint density at radius 2 is 1.96 bits per heavy atom. The molecule has 128 valence electrons. The number of hydrogen-bond donors (Lipinski definition) is 2. The monoisotopic (exact) mass is 338 g/mol. The standard InChI is InChI=1S/C16H17F3N4O/c17-16(18,19)11-3-5-12(6-4-11)22-15-20-8-7-14(23-15)21-10-13-2-1-9-24-13/h3-8,13H,1-2,9-10H2,(H2,20,21,22,23). The molecule has 0 spiro atoms. The van der Waals surface area contributed by atoms with Crippen molar-refractivity contribution in [2.24, 2.45) is 0 Å². The van der Waals surface area contributed by atoms with E-state index in [1.54, 1.807) is 12.3 Å². The summed E-state index contributed by atoms with van der Waals surface area (Å²) in [5.41, 5.74) is -0.208. The van der Waals surface area contributed by atoms with Gasteiger partial charge in [-0.2, -0.15) is 18.2 Å². The second-order valence-corrected chi connectivity index (χ2v) is 5.48. The minimum atomic E-state index is -4.35. The number of anilines is 3. The Hall–Kier alpha value is -2.35. The van der Waals surface area contributed by atoms with Gasteiger partial charge in [0.05, 0.1) is 11.7 Å². The molecule has 1 unspecified atom stereocenters. The zero-order valence-electron chi connectivity index (χ0n) is 12.8. The predicted octanol–water partition coefficient (Wildman–Crippen LogP) is 3.83. The van der Waals surface area contributed by atoms with Crippen molar-refractivity contribution >= 4 is 17.5 Å². The van der Waals surface area contributed by atoms with Crippen LogP contribution in [0.3, 0.4) is 0 Å². The van der Waals surface area contributed by atoms with Crippen LogP contribution in [0.4, 0.5) is 30.6 Å². The summed E-state index contributed by atoms with van der Waals surface area (Å²) in [5.74, 6) is 0.946. The van der Waals surface area contributed by atoms with Gasteiger partial charge in [-0.25, -0.2) is 4.98 Å². The van der Waals surface area contributed by atoms with E-state index in [4.69, 9.17) is 4.74 Å². The average molecular weight is 338 g/mol. The second-order valence-electron chi connectivity index (χ2n) is 5.48. The van der Waals surface area contributed by atoms with Gasteiger partial charge in [0, 0.05) is 25.0 Å². The Morgan fingerprint density at radius 3 is 2.62 bits per heavy atom. The minimum Gasteiger partial charge on any atom is -0.376 e. The summed E-state index contributed by atoms with van der Waals surface area (Å²) in [7, 11) is 0. The third-order valence-corrected chi connectivity index (χ3v) is 3.66. The van der Waals surface area contributed by atoms with Gasteiger partial charge >= 0.3 is 6.18 Å². The van der Waals surface area contributed by atoms with Crippen LogP contribution in [0.1, 0.15) is 18.4 Å². The predicted molar refractivity (Wildman–Crippen MR) is 84.2 cm³/mol. The van der Waals surface area contributed by atoms with Crippen LogP contribution < -0.4 is 10.6 Å². The van der Waals surface area contributed by atoms with Crippen LogP contribution in [0, 0.1) is 0 Å². The first-order valence-corrected chi connectivity index (χ1v) is 7.63. The lowest BCUT2D eigenvalue weighted by Crippen LogP contribution is -2.19. The smallest absolute Gasteiger partial charge is 0.376 e. The first kappa shape index (κ1) is 16.5. The molecular weight excluding hydrogens is 321 g/mol. The third-order valence-electron chi connectivity index (χ3n) is 3.66. The summed E-state index contributed by atoms with van der Waals surface area (Å²) in [6.45, 7) is 1.45. The van der Waals surface area contributed by atoms with Crippen molar-refractivity contribution in [3.8, 4) is 0 Å². The lowest BCUT2D eigenvalue weighted by molar-refractivity contribution is -0.137. The molecule has 0 saturated carbocycles. The van der Waals surface area contributed by atoms with E-state index in [1.165, 1.54) is 12.1 Å². The lowest BCUT2D eigenvalue weighted by Gasteiger charge is -2.12. The van der Waals surface area contributed by atoms with E-state index in [1.807, 2.05) is 0 Å². The summed E-state index contributed by atoms with van der Waals surface area (Å²) in [4.78, 5) is 8.36. The molecule has 0 aliphatic carbocycles. The van der Waals surface area contributed by atoms with E-state index in [-0.39, 0.29) is 6.10 Å². The number of benzene rings is 1. The Morgan fingerprint density at radius 1 is 1.17 bits per heavy atom. The molecule has 1 atom stereocenters. The number of nitrogens with zero attached hydrogens (tertiary/aromatic N) is 2. The molecule has 24 heavy (non-hydrogen) atoms. The van der Waals surface area contributed by atoms with Crippen molar-refractivity contribution in [1.29, 1.82) is 0 Å². The highest BCUT2D eigenvalue weighted by Gasteiger charge is 2.29. The molecule has 0 bridgehead atoms. The normalized spacial score (nSPS) is 17.7. The fourth-order valence-electron chi connectivity index (χ4n) is 2.41. The molecule has 5 nitrogen and oxygen atoms in total. The summed E-state index contributed by atoms with van der Waals surface area (Å²) in [6.07, 6.45) is -0.490. The van der Waals surface area contributed by atoms with E-state index in [2.05, 4.69) is 20.6 Å². The number of halogens is 3. The zero-order valence-corrected chi connectivity index (χ0v) is 12.8. The molecule has 1 aromatic carbocycles. The summed E-state index contributed by atoms with van der Waals surface area (Å²) < 4.78 is 43.2. The van der Waals surface area contributed by atoms with Crippen molar-refractivity contribution in [1.82, 2.24) is 9.97 Å². The van der Waals surface area contributed by atoms with Crippen LogP contribution in [0.25, 0.3) is 0 Å². The highest BCUT2D eigenvalue weighted by Crippen LogP contribution is 2.30. The highest BCUT2D eigenvalue weighted by molar-refractivity contribution is 5.55. The SMILES string of the molecule is FC(F)(F)c1ccc(Nc2nccc(NCC3CCCO3)n2)cc1. The molecule has 2 N–H and O–H groups in total. The molecule has 1 saturated heterocycles. The Labute approximate surface area is 137 Å². The van der Waals surface area contributed by atoms with Gasteiger partial charge in [0.2, 0.25) is 5.95 Å². The molecular formula is C16H17F3N4O. The van der Waals surface area contributed by atoms with Crippen molar-refractivity contribution in [3.63, 3.8) is 0 Å². The number of alkyl halides is 3. The molecule has 0 amide bonds. The Balaban J connectivity index is 1.61. The molecule has 1 fully saturated rings. The molecule has 3 rings (SSSR count). The van der Waals surface area contributed by atoms with Crippen molar-refractivity contribution in [2.75, 3.05) is 23.8 Å². The number of nitrogens with one attached hydrogen (secondary N) is 2. The first-order valence-electron chi connectivity index (χ1n) is 7.63. The molecule has 2 heterocycles. The van der Waals surface area contributed by atoms with Gasteiger partial charge < -0.3 is 15.4 Å². The zero-order chi connectivity index (χ0) is 17.0. The van der Waals surface area contributed by atoms with Crippen LogP contribution >= 0.6 is 0 Å². The maximum atomic E-state index is 12.5. The fraction of sp³-hybridized carbons (Fsp3) is 0.375. The molecule has 1 aliphatic rings. The van der Waals surface area contributed by atoms with Gasteiger partial charge in [-0.15, -0.1) is 0 Å². The lowest BCUT2D eigenvalue weighted by atomic mass is 10.2. The largest absolute Gasteiger partial charge is 0.416 e. The van der Waals surface area contributed by atoms with Crippen LogP contribution in [0.15, 0.2) is 36.5 Å². The van der Waals surface area contributed by atoms with Crippen LogP contribution in [0.5, 0.6) is 0 Å². The van der Waals surface area contributed by atoms with Crippen molar-refractivity contribution < 1.29 is 17.9 Å². The number of rotatable bonds is 5. The van der Waals surface area contributed by atoms with Crippen LogP contribution in [-0.4, -0.2) is 29.2 Å².